The maximum Gasteiger partial charge on any atom is 0.494 e. The smallest absolute Gasteiger partial charge is 0.423 e. The van der Waals surface area contributed by atoms with Gasteiger partial charge in [-0.3, -0.25) is 28.1 Å². The monoisotopic (exact) mass is 1400 g/mol. The first-order chi connectivity index (χ1) is 46.1. The topological polar surface area (TPSA) is 273 Å². The first-order valence-corrected chi connectivity index (χ1v) is 34.9. The predicted octanol–water partition coefficient (Wildman–Crippen LogP) is 7.09. The Kier molecular flexibility index (Phi) is 21.4. The standard InChI is InChI=1S/C27H29ClN6O3S.C20H25BN6O3.C20H23BrN6O/c1-4-34-25-18(15-23(26(34)35)22-10-9-21(16-24(22)28)38(3,36)37)17-29-27(31-25)30-19-5-7-20(8-6-19)33-13-11-32(2)12-14-33;1-3-27-18-14(12-17(19(27)28)21(29)30)13-22-20(24-18)23-15-4-6-16(7-5-15)26-10-8-25(2)9-11-26;1-3-27-18-14(12-17(21)19(27)28)13-22-20(24-18)23-15-4-6-16(7-5-15)26-10-8-25(2)9-11-26/h5-10,15-17H,4,11-14H2,1-3H3,(H,29,30,31);4-7,12-13,29-30H,3,8-11H2,1-2H3,(H,22,23,24);4-7,12-13H,3,8-11H2,1-2H3,(H,22,23,24). The molecule has 3 saturated heterocycles. The average Bonchev–Trinajstić information content (AvgIpc) is 0.775. The van der Waals surface area contributed by atoms with Gasteiger partial charge in [0.1, 0.15) is 16.9 Å². The first-order valence-electron chi connectivity index (χ1n) is 31.8. The molecule has 0 spiro atoms. The van der Waals surface area contributed by atoms with E-state index in [1.807, 2.05) is 50.2 Å². The van der Waals surface area contributed by atoms with Gasteiger partial charge in [0.15, 0.2) is 9.84 Å². The van der Waals surface area contributed by atoms with E-state index in [9.17, 15) is 32.8 Å². The van der Waals surface area contributed by atoms with Crippen LogP contribution in [-0.4, -0.2) is 190 Å². The lowest BCUT2D eigenvalue weighted by molar-refractivity contribution is 0.313. The van der Waals surface area contributed by atoms with Crippen molar-refractivity contribution in [2.24, 2.45) is 0 Å². The van der Waals surface area contributed by atoms with Gasteiger partial charge in [0.25, 0.3) is 16.7 Å². The van der Waals surface area contributed by atoms with Crippen molar-refractivity contribution >= 4 is 135 Å². The van der Waals surface area contributed by atoms with Crippen LogP contribution in [0.4, 0.5) is 52.0 Å². The molecule has 25 nitrogen and oxygen atoms in total. The summed E-state index contributed by atoms with van der Waals surface area (Å²) in [4.78, 5) is 79.3. The van der Waals surface area contributed by atoms with Gasteiger partial charge in [-0.15, -0.1) is 0 Å². The highest BCUT2D eigenvalue weighted by atomic mass is 79.9. The van der Waals surface area contributed by atoms with Crippen molar-refractivity contribution in [3.63, 3.8) is 0 Å². The van der Waals surface area contributed by atoms with Crippen LogP contribution in [0.3, 0.4) is 0 Å². The number of nitrogens with zero attached hydrogens (tertiary/aromatic N) is 15. The van der Waals surface area contributed by atoms with Crippen molar-refractivity contribution < 1.29 is 18.5 Å². The number of sulfone groups is 1. The summed E-state index contributed by atoms with van der Waals surface area (Å²) in [7, 11) is 1.18. The Morgan fingerprint density at radius 3 is 1.19 bits per heavy atom. The van der Waals surface area contributed by atoms with Crippen molar-refractivity contribution in [1.82, 2.24) is 58.3 Å². The van der Waals surface area contributed by atoms with E-state index in [0.717, 1.165) is 107 Å². The van der Waals surface area contributed by atoms with Crippen LogP contribution < -0.4 is 52.8 Å². The van der Waals surface area contributed by atoms with E-state index in [0.29, 0.717) is 80.8 Å². The van der Waals surface area contributed by atoms with Crippen molar-refractivity contribution in [1.29, 1.82) is 0 Å². The number of rotatable bonds is 15. The van der Waals surface area contributed by atoms with E-state index in [1.54, 1.807) is 52.8 Å². The van der Waals surface area contributed by atoms with Gasteiger partial charge in [-0.05, 0) is 161 Å². The molecule has 3 fully saturated rings. The molecule has 0 amide bonds. The van der Waals surface area contributed by atoms with Gasteiger partial charge in [-0.2, -0.15) is 15.0 Å². The van der Waals surface area contributed by atoms with Crippen molar-refractivity contribution in [2.75, 3.05) is 137 Å². The summed E-state index contributed by atoms with van der Waals surface area (Å²) in [6, 6.07) is 33.9. The maximum absolute atomic E-state index is 13.4. The average molecular weight is 1400 g/mol. The van der Waals surface area contributed by atoms with E-state index in [2.05, 4.69) is 149 Å². The molecule has 0 atom stereocenters. The minimum atomic E-state index is -3.42. The molecule has 0 aliphatic carbocycles. The number of benzene rings is 4. The van der Waals surface area contributed by atoms with Crippen LogP contribution in [0.2, 0.25) is 5.02 Å². The number of halogens is 2. The van der Waals surface area contributed by atoms with E-state index in [-0.39, 0.29) is 26.5 Å². The minimum Gasteiger partial charge on any atom is -0.423 e. The number of hydrogen-bond donors (Lipinski definition) is 5. The molecule has 13 rings (SSSR count). The predicted molar refractivity (Wildman–Crippen MR) is 388 cm³/mol. The van der Waals surface area contributed by atoms with Gasteiger partial charge in [0, 0.05) is 195 Å². The molecular weight excluding hydrogens is 1330 g/mol. The number of anilines is 9. The molecule has 9 heterocycles. The Hall–Kier alpha value is -8.87. The van der Waals surface area contributed by atoms with E-state index < -0.39 is 22.5 Å². The molecule has 29 heteroatoms. The lowest BCUT2D eigenvalue weighted by Gasteiger charge is -2.34. The summed E-state index contributed by atoms with van der Waals surface area (Å²) in [6.07, 6.45) is 6.08. The molecule has 0 saturated carbocycles. The lowest BCUT2D eigenvalue weighted by atomic mass is 9.81. The normalized spacial score (nSPS) is 14.9. The van der Waals surface area contributed by atoms with Crippen LogP contribution in [0.5, 0.6) is 0 Å². The highest BCUT2D eigenvalue weighted by molar-refractivity contribution is 9.10. The number of nitrogens with one attached hydrogen (secondary N) is 3. The number of likely N-dealkylation sites (N-methyl/N-ethyl adjacent to an activating group) is 3. The molecule has 0 radical (unpaired) electrons. The quantitative estimate of drug-likeness (QED) is 0.0641. The van der Waals surface area contributed by atoms with Gasteiger partial charge in [0.05, 0.1) is 9.37 Å². The number of aromatic nitrogens is 9. The third-order valence-electron chi connectivity index (χ3n) is 17.3. The van der Waals surface area contributed by atoms with Crippen LogP contribution in [0.1, 0.15) is 20.8 Å². The fraction of sp³-hybridized carbons (Fsp3) is 0.328. The second-order valence-electron chi connectivity index (χ2n) is 23.9. The Morgan fingerprint density at radius 2 is 0.833 bits per heavy atom. The molecule has 500 valence electrons. The molecule has 5 N–H and O–H groups in total. The van der Waals surface area contributed by atoms with E-state index >= 15 is 0 Å². The van der Waals surface area contributed by atoms with Crippen molar-refractivity contribution in [3.8, 4) is 11.1 Å². The van der Waals surface area contributed by atoms with Gasteiger partial charge in [0.2, 0.25) is 17.8 Å². The molecule has 96 heavy (non-hydrogen) atoms. The highest BCUT2D eigenvalue weighted by Crippen LogP contribution is 2.31. The number of hydrogen-bond acceptors (Lipinski definition) is 22. The second-order valence-corrected chi connectivity index (χ2v) is 27.2. The number of aryl methyl sites for hydroxylation is 3. The number of pyridine rings is 3. The molecule has 3 aliphatic rings. The SMILES string of the molecule is CCn1c(=O)c(-c2ccc(S(C)(=O)=O)cc2Cl)cc2cnc(Nc3ccc(N4CCN(C)CC4)cc3)nc21.CCn1c(=O)c(B(O)O)cc2cnc(Nc3ccc(N4CCN(C)CC4)cc3)nc21.CCn1c(=O)c(Br)cc2cnc(Nc3ccc(N4CCN(C)CC4)cc3)nc21. The lowest BCUT2D eigenvalue weighted by Crippen LogP contribution is -2.45. The van der Waals surface area contributed by atoms with Crippen LogP contribution in [-0.2, 0) is 29.5 Å². The van der Waals surface area contributed by atoms with E-state index in [1.165, 1.54) is 39.8 Å². The summed E-state index contributed by atoms with van der Waals surface area (Å²) < 4.78 is 28.9. The van der Waals surface area contributed by atoms with Crippen molar-refractivity contribution in [2.45, 2.75) is 45.3 Å². The third kappa shape index (κ3) is 15.8. The fourth-order valence-electron chi connectivity index (χ4n) is 11.7. The summed E-state index contributed by atoms with van der Waals surface area (Å²) in [5, 5.41) is 30.8. The zero-order chi connectivity index (χ0) is 67.9. The number of fused-ring (bicyclic) bond motifs is 3. The zero-order valence-electron chi connectivity index (χ0n) is 54.6. The Balaban J connectivity index is 0.000000148. The summed E-state index contributed by atoms with van der Waals surface area (Å²) in [5.74, 6) is 1.23. The van der Waals surface area contributed by atoms with Gasteiger partial charge in [-0.1, -0.05) is 17.7 Å². The van der Waals surface area contributed by atoms with Crippen molar-refractivity contribution in [3.05, 3.63) is 168 Å². The molecule has 0 unspecified atom stereocenters. The molecule has 10 aromatic rings. The largest absolute Gasteiger partial charge is 0.494 e. The highest BCUT2D eigenvalue weighted by Gasteiger charge is 2.23. The van der Waals surface area contributed by atoms with Gasteiger partial charge < -0.3 is 55.4 Å². The minimum absolute atomic E-state index is 0.0869. The van der Waals surface area contributed by atoms with Crippen LogP contribution in [0.15, 0.2) is 152 Å². The Bertz CT molecular complexity index is 4740. The van der Waals surface area contributed by atoms with E-state index in [4.69, 9.17) is 11.6 Å². The maximum atomic E-state index is 13.4. The third-order valence-corrected chi connectivity index (χ3v) is 19.3. The van der Waals surface area contributed by atoms with Crippen LogP contribution >= 0.6 is 27.5 Å². The summed E-state index contributed by atoms with van der Waals surface area (Å²) >= 11 is 9.72. The Morgan fingerprint density at radius 1 is 0.479 bits per heavy atom. The van der Waals surface area contributed by atoms with Crippen LogP contribution in [0.25, 0.3) is 44.2 Å². The van der Waals surface area contributed by atoms with Crippen LogP contribution in [0, 0.1) is 0 Å². The number of piperazine rings is 3. The molecule has 6 aromatic heterocycles. The zero-order valence-corrected chi connectivity index (χ0v) is 57.8. The second kappa shape index (κ2) is 30.1. The molecular formula is C67H77BBrClN18O7S. The summed E-state index contributed by atoms with van der Waals surface area (Å²) in [6.45, 7) is 19.4. The first kappa shape index (κ1) is 68.5. The summed E-state index contributed by atoms with van der Waals surface area (Å²) in [5.41, 5.74) is 7.66. The van der Waals surface area contributed by atoms with Gasteiger partial charge in [-0.25, -0.2) is 23.4 Å². The van der Waals surface area contributed by atoms with Gasteiger partial charge >= 0.3 is 7.12 Å². The molecule has 4 aromatic carbocycles. The molecule has 0 bridgehead atoms. The fourth-order valence-corrected chi connectivity index (χ4v) is 13.2. The molecule has 3 aliphatic heterocycles. The Labute approximate surface area is 569 Å².